The van der Waals surface area contributed by atoms with Crippen molar-refractivity contribution >= 4 is 17.7 Å². The van der Waals surface area contributed by atoms with E-state index in [9.17, 15) is 4.79 Å². The Labute approximate surface area is 133 Å². The van der Waals surface area contributed by atoms with Crippen LogP contribution >= 0.6 is 11.8 Å². The average molecular weight is 318 g/mol. The normalized spacial score (nSPS) is 11.5. The number of nitrogens with zero attached hydrogens (tertiary/aromatic N) is 4. The first kappa shape index (κ1) is 16.2. The number of benzene rings is 1. The quantitative estimate of drug-likeness (QED) is 0.444. The van der Waals surface area contributed by atoms with E-state index in [1.165, 1.54) is 6.08 Å². The van der Waals surface area contributed by atoms with Crippen molar-refractivity contribution in [3.63, 3.8) is 0 Å². The highest BCUT2D eigenvalue weighted by molar-refractivity contribution is 7.99. The standard InChI is InChI=1S/C15H18N4O2S/c1-3-21-14(20)11-12(2)9-10-22-15-16-17-18-19(15)13-7-5-4-6-8-13/h4-8,11H,3,9-10H2,1-2H3/b12-11+. The third-order valence-electron chi connectivity index (χ3n) is 2.82. The molecule has 7 heteroatoms. The molecule has 116 valence electrons. The van der Waals surface area contributed by atoms with E-state index in [1.54, 1.807) is 23.4 Å². The van der Waals surface area contributed by atoms with Crippen molar-refractivity contribution in [2.24, 2.45) is 0 Å². The summed E-state index contributed by atoms with van der Waals surface area (Å²) < 4.78 is 6.59. The number of ether oxygens (including phenoxy) is 1. The molecule has 0 radical (unpaired) electrons. The van der Waals surface area contributed by atoms with Gasteiger partial charge in [-0.25, -0.2) is 4.79 Å². The molecule has 0 saturated heterocycles. The molecule has 6 nitrogen and oxygen atoms in total. The molecule has 0 spiro atoms. The van der Waals surface area contributed by atoms with Crippen molar-refractivity contribution in [1.29, 1.82) is 0 Å². The van der Waals surface area contributed by atoms with E-state index in [2.05, 4.69) is 15.5 Å². The topological polar surface area (TPSA) is 69.9 Å². The SMILES string of the molecule is CCOC(=O)/C=C(\C)CCSc1nnnn1-c1ccccc1. The fourth-order valence-electron chi connectivity index (χ4n) is 1.76. The average Bonchev–Trinajstić information content (AvgIpc) is 2.97. The number of allylic oxidation sites excluding steroid dienone is 1. The molecule has 0 bridgehead atoms. The molecule has 2 rings (SSSR count). The Kier molecular flexibility index (Phi) is 6.14. The van der Waals surface area contributed by atoms with Gasteiger partial charge in [-0.15, -0.1) is 5.10 Å². The molecule has 0 fully saturated rings. The summed E-state index contributed by atoms with van der Waals surface area (Å²) in [6, 6.07) is 9.73. The van der Waals surface area contributed by atoms with Gasteiger partial charge in [0.1, 0.15) is 0 Å². The number of rotatable bonds is 7. The monoisotopic (exact) mass is 318 g/mol. The van der Waals surface area contributed by atoms with Crippen LogP contribution in [0.2, 0.25) is 0 Å². The summed E-state index contributed by atoms with van der Waals surface area (Å²) in [7, 11) is 0. The molecule has 0 saturated carbocycles. The first-order valence-electron chi connectivity index (χ1n) is 7.01. The molecule has 0 N–H and O–H groups in total. The summed E-state index contributed by atoms with van der Waals surface area (Å²) in [6.07, 6.45) is 2.30. The van der Waals surface area contributed by atoms with Crippen LogP contribution in [-0.2, 0) is 9.53 Å². The molecule has 22 heavy (non-hydrogen) atoms. The second kappa shape index (κ2) is 8.33. The maximum atomic E-state index is 11.3. The minimum Gasteiger partial charge on any atom is -0.463 e. The van der Waals surface area contributed by atoms with Crippen molar-refractivity contribution in [1.82, 2.24) is 20.2 Å². The predicted molar refractivity (Wildman–Crippen MR) is 84.9 cm³/mol. The molecule has 0 aliphatic rings. The van der Waals surface area contributed by atoms with E-state index >= 15 is 0 Å². The van der Waals surface area contributed by atoms with Gasteiger partial charge in [-0.2, -0.15) is 4.68 Å². The van der Waals surface area contributed by atoms with Gasteiger partial charge < -0.3 is 4.74 Å². The van der Waals surface area contributed by atoms with Gasteiger partial charge in [0.2, 0.25) is 5.16 Å². The summed E-state index contributed by atoms with van der Waals surface area (Å²) in [6.45, 7) is 4.10. The van der Waals surface area contributed by atoms with Gasteiger partial charge in [0.25, 0.3) is 0 Å². The zero-order valence-electron chi connectivity index (χ0n) is 12.6. The largest absolute Gasteiger partial charge is 0.463 e. The maximum Gasteiger partial charge on any atom is 0.330 e. The summed E-state index contributed by atoms with van der Waals surface area (Å²) in [5.41, 5.74) is 1.90. The summed E-state index contributed by atoms with van der Waals surface area (Å²) in [4.78, 5) is 11.3. The summed E-state index contributed by atoms with van der Waals surface area (Å²) in [5.74, 6) is 0.494. The summed E-state index contributed by atoms with van der Waals surface area (Å²) >= 11 is 1.55. The predicted octanol–water partition coefficient (Wildman–Crippen LogP) is 2.65. The highest BCUT2D eigenvalue weighted by Gasteiger charge is 2.08. The third kappa shape index (κ3) is 4.70. The molecular formula is C15H18N4O2S. The van der Waals surface area contributed by atoms with Crippen LogP contribution in [0.25, 0.3) is 5.69 Å². The maximum absolute atomic E-state index is 11.3. The van der Waals surface area contributed by atoms with Crippen LogP contribution in [0.1, 0.15) is 20.3 Å². The van der Waals surface area contributed by atoms with E-state index in [0.717, 1.165) is 28.6 Å². The van der Waals surface area contributed by atoms with E-state index in [1.807, 2.05) is 37.3 Å². The van der Waals surface area contributed by atoms with Crippen molar-refractivity contribution in [3.8, 4) is 5.69 Å². The van der Waals surface area contributed by atoms with Gasteiger partial charge >= 0.3 is 5.97 Å². The lowest BCUT2D eigenvalue weighted by Crippen LogP contribution is -2.01. The van der Waals surface area contributed by atoms with Crippen LogP contribution in [0.15, 0.2) is 47.1 Å². The number of carbonyl (C=O) groups excluding carboxylic acids is 1. The number of para-hydroxylation sites is 1. The number of tetrazole rings is 1. The Hall–Kier alpha value is -2.15. The van der Waals surface area contributed by atoms with Gasteiger partial charge in [0.05, 0.1) is 12.3 Å². The van der Waals surface area contributed by atoms with Crippen LogP contribution in [0, 0.1) is 0 Å². The Balaban J connectivity index is 1.91. The second-order valence-corrected chi connectivity index (χ2v) is 5.61. The van der Waals surface area contributed by atoms with Crippen LogP contribution in [0.4, 0.5) is 0 Å². The number of hydrogen-bond acceptors (Lipinski definition) is 6. The lowest BCUT2D eigenvalue weighted by atomic mass is 10.2. The van der Waals surface area contributed by atoms with Gasteiger partial charge in [0.15, 0.2) is 0 Å². The zero-order valence-corrected chi connectivity index (χ0v) is 13.4. The second-order valence-electron chi connectivity index (χ2n) is 4.55. The lowest BCUT2D eigenvalue weighted by Gasteiger charge is -2.04. The minimum atomic E-state index is -0.292. The van der Waals surface area contributed by atoms with Crippen LogP contribution in [0.3, 0.4) is 0 Å². The molecule has 0 unspecified atom stereocenters. The molecule has 0 aliphatic carbocycles. The van der Waals surface area contributed by atoms with E-state index in [0.29, 0.717) is 6.61 Å². The Morgan fingerprint density at radius 3 is 2.86 bits per heavy atom. The van der Waals surface area contributed by atoms with E-state index < -0.39 is 0 Å². The number of thioether (sulfide) groups is 1. The van der Waals surface area contributed by atoms with Crippen LogP contribution < -0.4 is 0 Å². The number of aromatic nitrogens is 4. The van der Waals surface area contributed by atoms with Crippen LogP contribution in [-0.4, -0.2) is 38.5 Å². The molecule has 0 aliphatic heterocycles. The fourth-order valence-corrected chi connectivity index (χ4v) is 2.73. The Bertz CT molecular complexity index is 640. The molecule has 2 aromatic rings. The number of esters is 1. The van der Waals surface area contributed by atoms with Gasteiger partial charge in [0, 0.05) is 11.8 Å². The minimum absolute atomic E-state index is 0.292. The zero-order chi connectivity index (χ0) is 15.8. The third-order valence-corrected chi connectivity index (χ3v) is 3.74. The molecule has 1 heterocycles. The lowest BCUT2D eigenvalue weighted by molar-refractivity contribution is -0.137. The van der Waals surface area contributed by atoms with E-state index in [4.69, 9.17) is 4.74 Å². The Morgan fingerprint density at radius 2 is 2.14 bits per heavy atom. The molecular weight excluding hydrogens is 300 g/mol. The molecule has 0 atom stereocenters. The fraction of sp³-hybridized carbons (Fsp3) is 0.333. The van der Waals surface area contributed by atoms with E-state index in [-0.39, 0.29) is 5.97 Å². The summed E-state index contributed by atoms with van der Waals surface area (Å²) in [5, 5.41) is 12.5. The first-order chi connectivity index (χ1) is 10.7. The molecule has 1 aromatic heterocycles. The Morgan fingerprint density at radius 1 is 1.36 bits per heavy atom. The van der Waals surface area contributed by atoms with Crippen molar-refractivity contribution in [3.05, 3.63) is 42.0 Å². The highest BCUT2D eigenvalue weighted by atomic mass is 32.2. The molecule has 1 aromatic carbocycles. The number of hydrogen-bond donors (Lipinski definition) is 0. The van der Waals surface area contributed by atoms with Gasteiger partial charge in [-0.05, 0) is 42.8 Å². The van der Waals surface area contributed by atoms with Crippen molar-refractivity contribution in [2.45, 2.75) is 25.4 Å². The van der Waals surface area contributed by atoms with Crippen molar-refractivity contribution < 1.29 is 9.53 Å². The number of carbonyl (C=O) groups is 1. The molecule has 0 amide bonds. The van der Waals surface area contributed by atoms with Gasteiger partial charge in [-0.1, -0.05) is 35.5 Å². The van der Waals surface area contributed by atoms with Crippen LogP contribution in [0.5, 0.6) is 0 Å². The van der Waals surface area contributed by atoms with Crippen molar-refractivity contribution in [2.75, 3.05) is 12.4 Å². The first-order valence-corrected chi connectivity index (χ1v) is 7.99. The smallest absolute Gasteiger partial charge is 0.330 e. The highest BCUT2D eigenvalue weighted by Crippen LogP contribution is 2.20. The van der Waals surface area contributed by atoms with Gasteiger partial charge in [-0.3, -0.25) is 0 Å².